The van der Waals surface area contributed by atoms with E-state index >= 15 is 0 Å². The zero-order valence-electron chi connectivity index (χ0n) is 8.74. The Kier molecular flexibility index (Phi) is 5.17. The van der Waals surface area contributed by atoms with E-state index in [0.29, 0.717) is 5.95 Å². The molecule has 1 aromatic heterocycles. The van der Waals surface area contributed by atoms with E-state index in [9.17, 15) is 4.21 Å². The zero-order chi connectivity index (χ0) is 11.3. The van der Waals surface area contributed by atoms with E-state index in [1.807, 2.05) is 6.92 Å². The summed E-state index contributed by atoms with van der Waals surface area (Å²) < 4.78 is 11.9. The van der Waals surface area contributed by atoms with Gasteiger partial charge in [-0.05, 0) is 22.4 Å². The molecule has 0 amide bonds. The fourth-order valence-corrected chi connectivity index (χ4v) is 1.61. The van der Waals surface area contributed by atoms with Gasteiger partial charge in [0.15, 0.2) is 0 Å². The Balaban J connectivity index is 2.32. The molecule has 1 N–H and O–H groups in total. The highest BCUT2D eigenvalue weighted by Crippen LogP contribution is 2.07. The van der Waals surface area contributed by atoms with Gasteiger partial charge in [-0.3, -0.25) is 4.21 Å². The summed E-state index contributed by atoms with van der Waals surface area (Å²) in [6.45, 7) is 2.71. The Morgan fingerprint density at radius 3 is 2.67 bits per heavy atom. The molecule has 2 atom stereocenters. The quantitative estimate of drug-likeness (QED) is 0.899. The van der Waals surface area contributed by atoms with E-state index in [0.717, 1.165) is 17.4 Å². The average Bonchev–Trinajstić information content (AvgIpc) is 2.20. The molecule has 84 valence electrons. The van der Waals surface area contributed by atoms with Gasteiger partial charge in [-0.2, -0.15) is 0 Å². The van der Waals surface area contributed by atoms with Crippen molar-refractivity contribution in [2.24, 2.45) is 0 Å². The second-order valence-electron chi connectivity index (χ2n) is 3.25. The summed E-state index contributed by atoms with van der Waals surface area (Å²) in [6.07, 6.45) is 5.96. The molecule has 0 aliphatic carbocycles. The molecule has 0 aliphatic heterocycles. The molecule has 0 aliphatic rings. The molecule has 0 saturated carbocycles. The van der Waals surface area contributed by atoms with E-state index in [2.05, 4.69) is 31.2 Å². The number of hydrogen-bond acceptors (Lipinski definition) is 4. The Hall–Kier alpha value is -0.490. The van der Waals surface area contributed by atoms with Crippen molar-refractivity contribution in [1.29, 1.82) is 0 Å². The van der Waals surface area contributed by atoms with Crippen LogP contribution in [-0.2, 0) is 10.8 Å². The van der Waals surface area contributed by atoms with Gasteiger partial charge in [0.05, 0.1) is 4.47 Å². The van der Waals surface area contributed by atoms with E-state index in [1.54, 1.807) is 18.6 Å². The van der Waals surface area contributed by atoms with Crippen molar-refractivity contribution in [3.8, 4) is 0 Å². The van der Waals surface area contributed by atoms with Gasteiger partial charge in [0, 0.05) is 41.2 Å². The van der Waals surface area contributed by atoms with Crippen molar-refractivity contribution in [3.05, 3.63) is 16.9 Å². The third-order valence-electron chi connectivity index (χ3n) is 2.02. The van der Waals surface area contributed by atoms with Crippen molar-refractivity contribution in [2.45, 2.75) is 18.6 Å². The molecule has 1 heterocycles. The minimum absolute atomic E-state index is 0.202. The van der Waals surface area contributed by atoms with Crippen molar-refractivity contribution in [3.63, 3.8) is 0 Å². The van der Waals surface area contributed by atoms with Gasteiger partial charge in [0.25, 0.3) is 0 Å². The van der Waals surface area contributed by atoms with Crippen LogP contribution in [0.5, 0.6) is 0 Å². The maximum atomic E-state index is 11.1. The van der Waals surface area contributed by atoms with Crippen LogP contribution in [-0.4, -0.2) is 32.2 Å². The van der Waals surface area contributed by atoms with Gasteiger partial charge in [-0.15, -0.1) is 0 Å². The lowest BCUT2D eigenvalue weighted by Gasteiger charge is -2.08. The van der Waals surface area contributed by atoms with Gasteiger partial charge in [0.2, 0.25) is 5.95 Å². The first-order valence-corrected chi connectivity index (χ1v) is 7.04. The number of hydrogen-bond donors (Lipinski definition) is 1. The van der Waals surface area contributed by atoms with E-state index < -0.39 is 10.8 Å². The molecule has 0 bridgehead atoms. The highest BCUT2D eigenvalue weighted by Gasteiger charge is 2.05. The summed E-state index contributed by atoms with van der Waals surface area (Å²) >= 11 is 3.26. The Morgan fingerprint density at radius 1 is 1.53 bits per heavy atom. The standard InChI is InChI=1S/C9H14BrN3OS/c1-7(15(2)14)3-4-11-9-12-5-8(10)6-13-9/h5-7H,3-4H2,1-2H3,(H,11,12,13). The molecule has 1 aromatic rings. The second kappa shape index (κ2) is 6.17. The highest BCUT2D eigenvalue weighted by atomic mass is 79.9. The first-order chi connectivity index (χ1) is 7.09. The predicted octanol–water partition coefficient (Wildman–Crippen LogP) is 1.81. The number of aromatic nitrogens is 2. The van der Waals surface area contributed by atoms with Crippen molar-refractivity contribution < 1.29 is 4.21 Å². The SMILES string of the molecule is CC(CCNc1ncc(Br)cn1)S(C)=O. The lowest BCUT2D eigenvalue weighted by molar-refractivity contribution is 0.672. The van der Waals surface area contributed by atoms with Crippen molar-refractivity contribution >= 4 is 32.7 Å². The lowest BCUT2D eigenvalue weighted by Crippen LogP contribution is -2.15. The molecule has 0 spiro atoms. The highest BCUT2D eigenvalue weighted by molar-refractivity contribution is 9.10. The zero-order valence-corrected chi connectivity index (χ0v) is 11.1. The Bertz CT molecular complexity index is 331. The molecule has 0 radical (unpaired) electrons. The summed E-state index contributed by atoms with van der Waals surface area (Å²) in [6, 6.07) is 0. The normalized spacial score (nSPS) is 14.6. The molecule has 6 heteroatoms. The fourth-order valence-electron chi connectivity index (χ4n) is 0.957. The lowest BCUT2D eigenvalue weighted by atomic mass is 10.3. The van der Waals surface area contributed by atoms with Gasteiger partial charge < -0.3 is 5.32 Å². The second-order valence-corrected chi connectivity index (χ2v) is 5.97. The summed E-state index contributed by atoms with van der Waals surface area (Å²) in [4.78, 5) is 8.15. The topological polar surface area (TPSA) is 54.9 Å². The van der Waals surface area contributed by atoms with Crippen LogP contribution in [0.2, 0.25) is 0 Å². The van der Waals surface area contributed by atoms with Crippen LogP contribution in [0, 0.1) is 0 Å². The van der Waals surface area contributed by atoms with Gasteiger partial charge >= 0.3 is 0 Å². The number of halogens is 1. The fraction of sp³-hybridized carbons (Fsp3) is 0.556. The summed E-state index contributed by atoms with van der Waals surface area (Å²) in [7, 11) is -0.760. The molecular weight excluding hydrogens is 278 g/mol. The van der Waals surface area contributed by atoms with Gasteiger partial charge in [-0.25, -0.2) is 9.97 Å². The van der Waals surface area contributed by atoms with Crippen LogP contribution < -0.4 is 5.32 Å². The molecule has 2 unspecified atom stereocenters. The average molecular weight is 292 g/mol. The summed E-state index contributed by atoms with van der Waals surface area (Å²) in [5.74, 6) is 0.604. The molecule has 0 fully saturated rings. The smallest absolute Gasteiger partial charge is 0.222 e. The Labute approximate surface area is 100 Å². The van der Waals surface area contributed by atoms with E-state index in [1.165, 1.54) is 0 Å². The van der Waals surface area contributed by atoms with Crippen molar-refractivity contribution in [2.75, 3.05) is 18.1 Å². The van der Waals surface area contributed by atoms with Crippen LogP contribution in [0.25, 0.3) is 0 Å². The van der Waals surface area contributed by atoms with Crippen LogP contribution in [0.1, 0.15) is 13.3 Å². The monoisotopic (exact) mass is 291 g/mol. The number of anilines is 1. The van der Waals surface area contributed by atoms with E-state index in [-0.39, 0.29) is 5.25 Å². The Morgan fingerprint density at radius 2 is 2.13 bits per heavy atom. The molecule has 1 rings (SSSR count). The number of nitrogens with one attached hydrogen (secondary N) is 1. The maximum absolute atomic E-state index is 11.1. The van der Waals surface area contributed by atoms with Gasteiger partial charge in [-0.1, -0.05) is 6.92 Å². The molecule has 4 nitrogen and oxygen atoms in total. The first kappa shape index (κ1) is 12.6. The summed E-state index contributed by atoms with van der Waals surface area (Å²) in [5, 5.41) is 3.28. The number of rotatable bonds is 5. The molecule has 0 aromatic carbocycles. The van der Waals surface area contributed by atoms with Crippen LogP contribution >= 0.6 is 15.9 Å². The van der Waals surface area contributed by atoms with Crippen LogP contribution in [0.3, 0.4) is 0 Å². The number of nitrogens with zero attached hydrogens (tertiary/aromatic N) is 2. The third-order valence-corrected chi connectivity index (χ3v) is 3.80. The van der Waals surface area contributed by atoms with E-state index in [4.69, 9.17) is 0 Å². The van der Waals surface area contributed by atoms with Crippen LogP contribution in [0.4, 0.5) is 5.95 Å². The minimum atomic E-state index is -0.760. The largest absolute Gasteiger partial charge is 0.354 e. The molecule has 0 saturated heterocycles. The predicted molar refractivity (Wildman–Crippen MR) is 66.4 cm³/mol. The minimum Gasteiger partial charge on any atom is -0.354 e. The maximum Gasteiger partial charge on any atom is 0.222 e. The third kappa shape index (κ3) is 4.70. The summed E-state index contributed by atoms with van der Waals surface area (Å²) in [5.41, 5.74) is 0. The van der Waals surface area contributed by atoms with Gasteiger partial charge in [0.1, 0.15) is 0 Å². The van der Waals surface area contributed by atoms with Crippen LogP contribution in [0.15, 0.2) is 16.9 Å². The first-order valence-electron chi connectivity index (χ1n) is 4.63. The molecule has 15 heavy (non-hydrogen) atoms. The van der Waals surface area contributed by atoms with Crippen molar-refractivity contribution in [1.82, 2.24) is 9.97 Å². The molecular formula is C9H14BrN3OS.